The Labute approximate surface area is 186 Å². The Balaban J connectivity index is 1.34. The topological polar surface area (TPSA) is 80.6 Å². The first-order valence-corrected chi connectivity index (χ1v) is 10.6. The van der Waals surface area contributed by atoms with Gasteiger partial charge in [0.05, 0.1) is 12.1 Å². The van der Waals surface area contributed by atoms with Crippen molar-refractivity contribution >= 4 is 17.8 Å². The molecular formula is C25H24N4O3. The first-order chi connectivity index (χ1) is 15.7. The summed E-state index contributed by atoms with van der Waals surface area (Å²) in [6.45, 7) is 8.08. The first-order valence-electron chi connectivity index (χ1n) is 10.6. The van der Waals surface area contributed by atoms with Gasteiger partial charge < -0.3 is 9.58 Å². The molecule has 0 radical (unpaired) electrons. The van der Waals surface area contributed by atoms with E-state index in [9.17, 15) is 4.79 Å². The van der Waals surface area contributed by atoms with Gasteiger partial charge in [-0.3, -0.25) is 9.78 Å². The summed E-state index contributed by atoms with van der Waals surface area (Å²) in [4.78, 5) is 28.5. The van der Waals surface area contributed by atoms with Crippen molar-refractivity contribution < 1.29 is 14.4 Å². The molecule has 1 saturated heterocycles. The van der Waals surface area contributed by atoms with Gasteiger partial charge in [-0.25, -0.2) is 15.3 Å². The fourth-order valence-corrected chi connectivity index (χ4v) is 3.45. The minimum absolute atomic E-state index is 0.334. The number of ether oxygens (including phenoxy) is 1. The Morgan fingerprint density at radius 1 is 1.22 bits per heavy atom. The van der Waals surface area contributed by atoms with Crippen molar-refractivity contribution in [2.75, 3.05) is 6.61 Å². The highest BCUT2D eigenvalue weighted by Crippen LogP contribution is 2.28. The van der Waals surface area contributed by atoms with Gasteiger partial charge in [0, 0.05) is 19.1 Å². The molecular weight excluding hydrogens is 404 g/mol. The minimum atomic E-state index is -0.368. The zero-order chi connectivity index (χ0) is 22.2. The van der Waals surface area contributed by atoms with Crippen LogP contribution in [-0.2, 0) is 20.8 Å². The first kappa shape index (κ1) is 21.5. The Morgan fingerprint density at radius 2 is 2.03 bits per heavy atom. The van der Waals surface area contributed by atoms with Crippen LogP contribution in [0.5, 0.6) is 0 Å². The van der Waals surface area contributed by atoms with Gasteiger partial charge in [0.15, 0.2) is 12.1 Å². The van der Waals surface area contributed by atoms with Crippen LogP contribution < -0.4 is 5.48 Å². The molecule has 32 heavy (non-hydrogen) atoms. The summed E-state index contributed by atoms with van der Waals surface area (Å²) in [6, 6.07) is 17.5. The average molecular weight is 428 g/mol. The quantitative estimate of drug-likeness (QED) is 0.322. The van der Waals surface area contributed by atoms with Crippen LogP contribution in [0.15, 0.2) is 60.7 Å². The predicted molar refractivity (Wildman–Crippen MR) is 121 cm³/mol. The van der Waals surface area contributed by atoms with Crippen LogP contribution >= 0.6 is 0 Å². The highest BCUT2D eigenvalue weighted by atomic mass is 16.8. The van der Waals surface area contributed by atoms with Gasteiger partial charge in [0.25, 0.3) is 11.7 Å². The number of hydrogen-bond donors (Lipinski definition) is 2. The third kappa shape index (κ3) is 5.70. The van der Waals surface area contributed by atoms with E-state index in [4.69, 9.17) is 16.1 Å². The summed E-state index contributed by atoms with van der Waals surface area (Å²) in [5.74, 6) is 0.844. The third-order valence-corrected chi connectivity index (χ3v) is 5.10. The molecule has 1 aliphatic rings. The lowest BCUT2D eigenvalue weighted by Crippen LogP contribution is -2.32. The van der Waals surface area contributed by atoms with Gasteiger partial charge in [0.1, 0.15) is 0 Å². The van der Waals surface area contributed by atoms with Crippen LogP contribution in [-0.4, -0.2) is 28.8 Å². The Morgan fingerprint density at radius 3 is 2.75 bits per heavy atom. The molecule has 162 valence electrons. The number of amides is 1. The molecule has 2 N–H and O–H groups in total. The average Bonchev–Trinajstić information content (AvgIpc) is 3.26. The summed E-state index contributed by atoms with van der Waals surface area (Å²) >= 11 is 0. The van der Waals surface area contributed by atoms with Crippen molar-refractivity contribution in [3.05, 3.63) is 89.0 Å². The molecule has 2 heterocycles. The van der Waals surface area contributed by atoms with Gasteiger partial charge in [-0.05, 0) is 35.6 Å². The number of carbonyl (C=O) groups excluding carboxylic acids is 1. The lowest BCUT2D eigenvalue weighted by Gasteiger charge is -2.21. The lowest BCUT2D eigenvalue weighted by molar-refractivity contribution is -0.198. The molecule has 0 bridgehead atoms. The standard InChI is InChI=1S/C25H24N4O3/c1-26-25-24(20-7-3-2-4-8-20)27-21(28-25)17-19-12-10-18(11-13-19)14-15-22(30)29-32-23-9-5-6-16-31-23/h2-4,7-8,10-15,23H,5-6,9,16-17H2,(H,27,28)(H,29,30)/b15-14+. The number of aromatic amines is 1. The van der Waals surface area contributed by atoms with E-state index in [2.05, 4.69) is 20.3 Å². The van der Waals surface area contributed by atoms with Gasteiger partial charge in [0.2, 0.25) is 0 Å². The molecule has 7 nitrogen and oxygen atoms in total. The van der Waals surface area contributed by atoms with Crippen molar-refractivity contribution in [3.8, 4) is 11.3 Å². The second kappa shape index (κ2) is 10.5. The zero-order valence-electron chi connectivity index (χ0n) is 17.6. The Hall–Kier alpha value is -3.73. The fraction of sp³-hybridized carbons (Fsp3) is 0.240. The lowest BCUT2D eigenvalue weighted by atomic mass is 10.1. The molecule has 4 rings (SSSR count). The number of carbonyl (C=O) groups is 1. The number of aromatic nitrogens is 2. The molecule has 0 saturated carbocycles. The number of imidazole rings is 1. The number of hydroxylamine groups is 1. The molecule has 1 aliphatic heterocycles. The molecule has 0 spiro atoms. The van der Waals surface area contributed by atoms with E-state index in [0.717, 1.165) is 41.8 Å². The van der Waals surface area contributed by atoms with E-state index >= 15 is 0 Å². The maximum atomic E-state index is 11.9. The van der Waals surface area contributed by atoms with Crippen molar-refractivity contribution in [3.63, 3.8) is 0 Å². The van der Waals surface area contributed by atoms with E-state index in [1.807, 2.05) is 54.6 Å². The molecule has 3 aromatic rings. The van der Waals surface area contributed by atoms with Crippen molar-refractivity contribution in [2.24, 2.45) is 0 Å². The number of H-pyrrole nitrogens is 1. The van der Waals surface area contributed by atoms with E-state index in [1.54, 1.807) is 6.08 Å². The van der Waals surface area contributed by atoms with Crippen LogP contribution in [0, 0.1) is 6.57 Å². The van der Waals surface area contributed by atoms with E-state index in [0.29, 0.717) is 24.5 Å². The smallest absolute Gasteiger partial charge is 0.267 e. The molecule has 2 aromatic carbocycles. The van der Waals surface area contributed by atoms with Gasteiger partial charge in [-0.1, -0.05) is 61.2 Å². The van der Waals surface area contributed by atoms with Crippen molar-refractivity contribution in [1.29, 1.82) is 0 Å². The minimum Gasteiger partial charge on any atom is -0.362 e. The number of benzene rings is 2. The van der Waals surface area contributed by atoms with Crippen LogP contribution in [0.25, 0.3) is 22.2 Å². The van der Waals surface area contributed by atoms with Crippen LogP contribution in [0.2, 0.25) is 0 Å². The summed E-state index contributed by atoms with van der Waals surface area (Å²) in [5, 5.41) is 0. The van der Waals surface area contributed by atoms with Crippen LogP contribution in [0.1, 0.15) is 36.2 Å². The highest BCUT2D eigenvalue weighted by Gasteiger charge is 2.15. The molecule has 1 unspecified atom stereocenters. The number of nitrogens with zero attached hydrogens (tertiary/aromatic N) is 2. The summed E-state index contributed by atoms with van der Waals surface area (Å²) in [6.07, 6.45) is 6.21. The zero-order valence-corrected chi connectivity index (χ0v) is 17.6. The molecule has 0 aliphatic carbocycles. The second-order valence-electron chi connectivity index (χ2n) is 7.49. The monoisotopic (exact) mass is 428 g/mol. The summed E-state index contributed by atoms with van der Waals surface area (Å²) in [5.41, 5.74) is 5.93. The van der Waals surface area contributed by atoms with Crippen molar-refractivity contribution in [2.45, 2.75) is 32.0 Å². The predicted octanol–water partition coefficient (Wildman–Crippen LogP) is 4.81. The maximum absolute atomic E-state index is 11.9. The van der Waals surface area contributed by atoms with E-state index in [1.165, 1.54) is 6.08 Å². The van der Waals surface area contributed by atoms with E-state index in [-0.39, 0.29) is 12.2 Å². The molecule has 1 atom stereocenters. The Kier molecular flexibility index (Phi) is 7.08. The van der Waals surface area contributed by atoms with Gasteiger partial charge in [-0.15, -0.1) is 0 Å². The van der Waals surface area contributed by atoms with Gasteiger partial charge in [-0.2, -0.15) is 0 Å². The number of rotatable bonds is 7. The second-order valence-corrected chi connectivity index (χ2v) is 7.49. The molecule has 1 aromatic heterocycles. The molecule has 1 amide bonds. The number of hydrogen-bond acceptors (Lipinski definition) is 4. The molecule has 7 heteroatoms. The van der Waals surface area contributed by atoms with Crippen LogP contribution in [0.4, 0.5) is 5.82 Å². The SMILES string of the molecule is [C-]#[N+]c1[nH]c(Cc2ccc(/C=C/C(=O)NOC3CCCCO3)cc2)nc1-c1ccccc1. The largest absolute Gasteiger partial charge is 0.362 e. The Bertz CT molecular complexity index is 1110. The molecule has 1 fully saturated rings. The summed E-state index contributed by atoms with van der Waals surface area (Å²) in [7, 11) is 0. The van der Waals surface area contributed by atoms with Crippen LogP contribution in [0.3, 0.4) is 0 Å². The third-order valence-electron chi connectivity index (χ3n) is 5.10. The maximum Gasteiger partial charge on any atom is 0.267 e. The fourth-order valence-electron chi connectivity index (χ4n) is 3.45. The van der Waals surface area contributed by atoms with E-state index < -0.39 is 0 Å². The van der Waals surface area contributed by atoms with Gasteiger partial charge >= 0.3 is 0 Å². The summed E-state index contributed by atoms with van der Waals surface area (Å²) < 4.78 is 5.41. The normalized spacial score (nSPS) is 16.0. The van der Waals surface area contributed by atoms with Crippen molar-refractivity contribution in [1.82, 2.24) is 15.4 Å². The highest BCUT2D eigenvalue weighted by molar-refractivity contribution is 5.90. The number of nitrogens with one attached hydrogen (secondary N) is 2.